The van der Waals surface area contributed by atoms with Crippen LogP contribution in [0.3, 0.4) is 0 Å². The van der Waals surface area contributed by atoms with E-state index in [0.717, 1.165) is 44.9 Å². The van der Waals surface area contributed by atoms with Gasteiger partial charge in [0.1, 0.15) is 13.2 Å². The summed E-state index contributed by atoms with van der Waals surface area (Å²) in [7, 11) is 0. The van der Waals surface area contributed by atoms with Gasteiger partial charge in [-0.15, -0.1) is 0 Å². The molecule has 6 heteroatoms. The summed E-state index contributed by atoms with van der Waals surface area (Å²) >= 11 is 0. The molecular weight excluding hydrogens is 336 g/mol. The van der Waals surface area contributed by atoms with Crippen molar-refractivity contribution >= 4 is 11.9 Å². The van der Waals surface area contributed by atoms with Crippen LogP contribution in [0.25, 0.3) is 0 Å². The first kappa shape index (κ1) is 24.9. The average molecular weight is 375 g/mol. The number of hydrogen-bond acceptors (Lipinski definition) is 6. The molecule has 0 fully saturated rings. The molecule has 0 heterocycles. The highest BCUT2D eigenvalue weighted by molar-refractivity contribution is 5.69. The summed E-state index contributed by atoms with van der Waals surface area (Å²) in [6.45, 7) is 7.98. The third-order valence-electron chi connectivity index (χ3n) is 3.93. The Kier molecular flexibility index (Phi) is 17.8. The van der Waals surface area contributed by atoms with E-state index in [1.165, 1.54) is 0 Å². The number of hydrogen-bond donors (Lipinski definition) is 0. The Hall–Kier alpha value is -1.14. The Morgan fingerprint density at radius 1 is 0.731 bits per heavy atom. The Labute approximate surface area is 158 Å². The maximum atomic E-state index is 11.6. The first-order chi connectivity index (χ1) is 12.6. The summed E-state index contributed by atoms with van der Waals surface area (Å²) < 4.78 is 21.4. The quantitative estimate of drug-likeness (QED) is 0.266. The molecule has 0 aromatic heterocycles. The zero-order valence-electron chi connectivity index (χ0n) is 16.9. The lowest BCUT2D eigenvalue weighted by Crippen LogP contribution is -2.23. The minimum atomic E-state index is -0.162. The van der Waals surface area contributed by atoms with Gasteiger partial charge >= 0.3 is 11.9 Å². The van der Waals surface area contributed by atoms with Crippen LogP contribution in [0.2, 0.25) is 0 Å². The van der Waals surface area contributed by atoms with Gasteiger partial charge in [-0.2, -0.15) is 0 Å². The molecule has 0 N–H and O–H groups in total. The highest BCUT2D eigenvalue weighted by Gasteiger charge is 2.10. The Morgan fingerprint density at radius 2 is 1.31 bits per heavy atom. The lowest BCUT2D eigenvalue weighted by molar-refractivity contribution is -0.149. The second-order valence-corrected chi connectivity index (χ2v) is 6.33. The zero-order chi connectivity index (χ0) is 19.5. The van der Waals surface area contributed by atoms with E-state index in [9.17, 15) is 9.59 Å². The SMILES string of the molecule is CCCCCC(=O)OCCOCCOC(CC)COC(=O)CCCCC. The van der Waals surface area contributed by atoms with Gasteiger partial charge in [0.2, 0.25) is 0 Å². The lowest BCUT2D eigenvalue weighted by Gasteiger charge is -2.16. The van der Waals surface area contributed by atoms with Gasteiger partial charge in [0.05, 0.1) is 25.9 Å². The molecule has 0 saturated carbocycles. The summed E-state index contributed by atoms with van der Waals surface area (Å²) in [5, 5.41) is 0. The molecular formula is C20H38O6. The normalized spacial score (nSPS) is 12.0. The van der Waals surface area contributed by atoms with Crippen LogP contribution < -0.4 is 0 Å². The van der Waals surface area contributed by atoms with Crippen LogP contribution in [0.4, 0.5) is 0 Å². The van der Waals surface area contributed by atoms with Crippen LogP contribution in [0.5, 0.6) is 0 Å². The second-order valence-electron chi connectivity index (χ2n) is 6.33. The summed E-state index contributed by atoms with van der Waals surface area (Å²) in [5.41, 5.74) is 0. The largest absolute Gasteiger partial charge is 0.463 e. The molecule has 1 atom stereocenters. The highest BCUT2D eigenvalue weighted by atomic mass is 16.6. The van der Waals surface area contributed by atoms with Gasteiger partial charge in [0.15, 0.2) is 0 Å². The minimum Gasteiger partial charge on any atom is -0.463 e. The molecule has 0 bridgehead atoms. The average Bonchev–Trinajstić information content (AvgIpc) is 2.63. The molecule has 6 nitrogen and oxygen atoms in total. The smallest absolute Gasteiger partial charge is 0.305 e. The fourth-order valence-corrected chi connectivity index (χ4v) is 2.24. The van der Waals surface area contributed by atoms with Crippen molar-refractivity contribution in [2.75, 3.05) is 33.0 Å². The molecule has 154 valence electrons. The molecule has 0 saturated heterocycles. The number of ether oxygens (including phenoxy) is 4. The van der Waals surface area contributed by atoms with E-state index in [0.29, 0.717) is 32.7 Å². The van der Waals surface area contributed by atoms with Gasteiger partial charge in [0, 0.05) is 12.8 Å². The third kappa shape index (κ3) is 16.3. The van der Waals surface area contributed by atoms with Crippen LogP contribution in [0.1, 0.15) is 78.6 Å². The molecule has 0 amide bonds. The first-order valence-electron chi connectivity index (χ1n) is 10.1. The fraction of sp³-hybridized carbons (Fsp3) is 0.900. The van der Waals surface area contributed by atoms with Crippen LogP contribution >= 0.6 is 0 Å². The van der Waals surface area contributed by atoms with E-state index in [4.69, 9.17) is 18.9 Å². The number of carbonyl (C=O) groups excluding carboxylic acids is 2. The molecule has 0 spiro atoms. The Morgan fingerprint density at radius 3 is 1.88 bits per heavy atom. The summed E-state index contributed by atoms with van der Waals surface area (Å²) in [6.07, 6.45) is 7.66. The van der Waals surface area contributed by atoms with Gasteiger partial charge in [-0.25, -0.2) is 0 Å². The van der Waals surface area contributed by atoms with Crippen LogP contribution in [-0.4, -0.2) is 51.1 Å². The maximum Gasteiger partial charge on any atom is 0.305 e. The van der Waals surface area contributed by atoms with Crippen molar-refractivity contribution in [3.63, 3.8) is 0 Å². The Bertz CT molecular complexity index is 345. The van der Waals surface area contributed by atoms with E-state index >= 15 is 0 Å². The summed E-state index contributed by atoms with van der Waals surface area (Å²) in [4.78, 5) is 23.0. The van der Waals surface area contributed by atoms with Gasteiger partial charge in [-0.3, -0.25) is 9.59 Å². The summed E-state index contributed by atoms with van der Waals surface area (Å²) in [5.74, 6) is -0.317. The van der Waals surface area contributed by atoms with Gasteiger partial charge in [0.25, 0.3) is 0 Å². The molecule has 0 aliphatic heterocycles. The molecule has 0 aliphatic rings. The maximum absolute atomic E-state index is 11.6. The van der Waals surface area contributed by atoms with Gasteiger partial charge in [-0.1, -0.05) is 46.5 Å². The van der Waals surface area contributed by atoms with E-state index in [1.54, 1.807) is 0 Å². The summed E-state index contributed by atoms with van der Waals surface area (Å²) in [6, 6.07) is 0. The lowest BCUT2D eigenvalue weighted by atomic mass is 10.2. The van der Waals surface area contributed by atoms with Crippen molar-refractivity contribution in [2.45, 2.75) is 84.7 Å². The van der Waals surface area contributed by atoms with Crippen molar-refractivity contribution < 1.29 is 28.5 Å². The zero-order valence-corrected chi connectivity index (χ0v) is 16.9. The van der Waals surface area contributed by atoms with Crippen LogP contribution in [-0.2, 0) is 28.5 Å². The topological polar surface area (TPSA) is 71.1 Å². The highest BCUT2D eigenvalue weighted by Crippen LogP contribution is 2.04. The molecule has 0 aliphatic carbocycles. The van der Waals surface area contributed by atoms with Crippen molar-refractivity contribution in [3.05, 3.63) is 0 Å². The number of carbonyl (C=O) groups is 2. The molecule has 0 radical (unpaired) electrons. The molecule has 0 rings (SSSR count). The fourth-order valence-electron chi connectivity index (χ4n) is 2.24. The number of unbranched alkanes of at least 4 members (excludes halogenated alkanes) is 4. The molecule has 0 aromatic carbocycles. The van der Waals surface area contributed by atoms with E-state index in [-0.39, 0.29) is 31.3 Å². The van der Waals surface area contributed by atoms with E-state index in [2.05, 4.69) is 13.8 Å². The van der Waals surface area contributed by atoms with E-state index in [1.807, 2.05) is 6.92 Å². The van der Waals surface area contributed by atoms with Crippen LogP contribution in [0.15, 0.2) is 0 Å². The van der Waals surface area contributed by atoms with Crippen LogP contribution in [0, 0.1) is 0 Å². The first-order valence-corrected chi connectivity index (χ1v) is 10.1. The van der Waals surface area contributed by atoms with Gasteiger partial charge in [-0.05, 0) is 19.3 Å². The van der Waals surface area contributed by atoms with Gasteiger partial charge < -0.3 is 18.9 Å². The second kappa shape index (κ2) is 18.6. The minimum absolute atomic E-state index is 0.106. The monoisotopic (exact) mass is 374 g/mol. The molecule has 0 aromatic rings. The molecule has 26 heavy (non-hydrogen) atoms. The standard InChI is InChI=1S/C20H38O6/c1-4-7-9-11-19(21)25-16-14-23-13-15-24-18(6-3)17-26-20(22)12-10-8-5-2/h18H,4-17H2,1-3H3. The number of esters is 2. The van der Waals surface area contributed by atoms with Crippen molar-refractivity contribution in [1.29, 1.82) is 0 Å². The van der Waals surface area contributed by atoms with Crippen molar-refractivity contribution in [3.8, 4) is 0 Å². The predicted molar refractivity (Wildman–Crippen MR) is 101 cm³/mol. The predicted octanol–water partition coefficient (Wildman–Crippen LogP) is 4.05. The van der Waals surface area contributed by atoms with E-state index < -0.39 is 0 Å². The third-order valence-corrected chi connectivity index (χ3v) is 3.93. The van der Waals surface area contributed by atoms with Crippen molar-refractivity contribution in [2.24, 2.45) is 0 Å². The number of rotatable bonds is 18. The molecule has 1 unspecified atom stereocenters. The van der Waals surface area contributed by atoms with Crippen molar-refractivity contribution in [1.82, 2.24) is 0 Å². The Balaban J connectivity index is 3.53.